The van der Waals surface area contributed by atoms with E-state index < -0.39 is 5.97 Å². The van der Waals surface area contributed by atoms with Crippen LogP contribution in [0.5, 0.6) is 0 Å². The SMILES string of the molecule is C[NH+]1CCN(c2cccc(Cl)c2C(=O)[O-])CC1. The number of likely N-dealkylation sites (N-methyl/N-ethyl adjacent to an activating group) is 1. The molecule has 2 rings (SSSR count). The van der Waals surface area contributed by atoms with E-state index >= 15 is 0 Å². The van der Waals surface area contributed by atoms with Crippen molar-refractivity contribution >= 4 is 23.3 Å². The number of carbonyl (C=O) groups is 1. The molecular formula is C12H15ClN2O2. The first-order valence-corrected chi connectivity index (χ1v) is 6.03. The number of carboxylic acids is 1. The van der Waals surface area contributed by atoms with E-state index in [-0.39, 0.29) is 10.6 Å². The molecule has 1 aliphatic heterocycles. The molecule has 1 N–H and O–H groups in total. The number of rotatable bonds is 2. The van der Waals surface area contributed by atoms with Crippen LogP contribution in [0.1, 0.15) is 10.4 Å². The number of piperazine rings is 1. The van der Waals surface area contributed by atoms with E-state index in [0.717, 1.165) is 26.2 Å². The highest BCUT2D eigenvalue weighted by atomic mass is 35.5. The fourth-order valence-corrected chi connectivity index (χ4v) is 2.35. The van der Waals surface area contributed by atoms with Crippen LogP contribution in [0.15, 0.2) is 18.2 Å². The molecule has 0 bridgehead atoms. The lowest BCUT2D eigenvalue weighted by molar-refractivity contribution is -0.880. The van der Waals surface area contributed by atoms with E-state index in [2.05, 4.69) is 11.9 Å². The number of benzene rings is 1. The topological polar surface area (TPSA) is 47.8 Å². The third-order valence-corrected chi connectivity index (χ3v) is 3.47. The highest BCUT2D eigenvalue weighted by molar-refractivity contribution is 6.34. The fourth-order valence-electron chi connectivity index (χ4n) is 2.11. The predicted octanol–water partition coefficient (Wildman–Crippen LogP) is -0.962. The standard InChI is InChI=1S/C12H15ClN2O2/c1-14-5-7-15(8-6-14)10-4-2-3-9(13)11(10)12(16)17/h2-4H,5-8H2,1H3,(H,16,17). The van der Waals surface area contributed by atoms with Gasteiger partial charge < -0.3 is 19.7 Å². The summed E-state index contributed by atoms with van der Waals surface area (Å²) in [7, 11) is 2.13. The van der Waals surface area contributed by atoms with Crippen molar-refractivity contribution in [2.24, 2.45) is 0 Å². The van der Waals surface area contributed by atoms with Gasteiger partial charge in [-0.25, -0.2) is 0 Å². The van der Waals surface area contributed by atoms with Crippen LogP contribution in [0.2, 0.25) is 5.02 Å². The van der Waals surface area contributed by atoms with Gasteiger partial charge in [-0.15, -0.1) is 0 Å². The molecule has 0 unspecified atom stereocenters. The molecule has 1 aromatic carbocycles. The Morgan fingerprint density at radius 1 is 1.41 bits per heavy atom. The number of nitrogens with one attached hydrogen (secondary N) is 1. The summed E-state index contributed by atoms with van der Waals surface area (Å²) >= 11 is 5.92. The third-order valence-electron chi connectivity index (χ3n) is 3.15. The normalized spacial score (nSPS) is 17.2. The molecule has 0 spiro atoms. The molecule has 0 radical (unpaired) electrons. The largest absolute Gasteiger partial charge is 0.545 e. The van der Waals surface area contributed by atoms with Crippen LogP contribution in [0.3, 0.4) is 0 Å². The van der Waals surface area contributed by atoms with E-state index in [1.807, 2.05) is 0 Å². The Labute approximate surface area is 105 Å². The Bertz CT molecular complexity index is 429. The van der Waals surface area contributed by atoms with E-state index in [1.165, 1.54) is 4.90 Å². The lowest BCUT2D eigenvalue weighted by Crippen LogP contribution is -3.12. The molecule has 17 heavy (non-hydrogen) atoms. The zero-order valence-electron chi connectivity index (χ0n) is 9.70. The molecule has 0 aliphatic carbocycles. The first-order chi connectivity index (χ1) is 8.09. The van der Waals surface area contributed by atoms with Crippen LogP contribution < -0.4 is 14.9 Å². The van der Waals surface area contributed by atoms with Gasteiger partial charge in [0.05, 0.1) is 44.2 Å². The number of hydrogen-bond donors (Lipinski definition) is 1. The van der Waals surface area contributed by atoms with Gasteiger partial charge >= 0.3 is 0 Å². The maximum atomic E-state index is 11.1. The molecule has 1 fully saturated rings. The van der Waals surface area contributed by atoms with E-state index in [9.17, 15) is 9.90 Å². The number of halogens is 1. The minimum absolute atomic E-state index is 0.105. The second-order valence-corrected chi connectivity index (χ2v) is 4.77. The zero-order valence-corrected chi connectivity index (χ0v) is 10.5. The van der Waals surface area contributed by atoms with Gasteiger partial charge in [0, 0.05) is 11.3 Å². The molecule has 0 aromatic heterocycles. The molecule has 5 heteroatoms. The molecule has 1 aromatic rings. The lowest BCUT2D eigenvalue weighted by atomic mass is 10.1. The molecule has 1 aliphatic rings. The summed E-state index contributed by atoms with van der Waals surface area (Å²) in [4.78, 5) is 14.6. The van der Waals surface area contributed by atoms with E-state index in [4.69, 9.17) is 11.6 Å². The number of carboxylic acid groups (broad SMARTS) is 1. The van der Waals surface area contributed by atoms with Crippen molar-refractivity contribution in [2.75, 3.05) is 38.1 Å². The second kappa shape index (κ2) is 4.94. The number of hydrogen-bond acceptors (Lipinski definition) is 3. The smallest absolute Gasteiger partial charge is 0.0947 e. The van der Waals surface area contributed by atoms with Crippen molar-refractivity contribution < 1.29 is 14.8 Å². The molecule has 4 nitrogen and oxygen atoms in total. The summed E-state index contributed by atoms with van der Waals surface area (Å²) in [6.07, 6.45) is 0. The quantitative estimate of drug-likeness (QED) is 0.740. The number of aromatic carboxylic acids is 1. The van der Waals surface area contributed by atoms with Crippen LogP contribution >= 0.6 is 11.6 Å². The predicted molar refractivity (Wildman–Crippen MR) is 64.6 cm³/mol. The summed E-state index contributed by atoms with van der Waals surface area (Å²) in [5.41, 5.74) is 0.777. The monoisotopic (exact) mass is 254 g/mol. The van der Waals surface area contributed by atoms with Gasteiger partial charge in [0.2, 0.25) is 0 Å². The molecule has 1 saturated heterocycles. The minimum Gasteiger partial charge on any atom is -0.545 e. The maximum absolute atomic E-state index is 11.1. The Morgan fingerprint density at radius 2 is 2.06 bits per heavy atom. The van der Waals surface area contributed by atoms with Gasteiger partial charge in [0.25, 0.3) is 0 Å². The van der Waals surface area contributed by atoms with Crippen molar-refractivity contribution in [3.05, 3.63) is 28.8 Å². The van der Waals surface area contributed by atoms with Crippen molar-refractivity contribution in [1.29, 1.82) is 0 Å². The Balaban J connectivity index is 2.32. The second-order valence-electron chi connectivity index (χ2n) is 4.37. The third kappa shape index (κ3) is 2.53. The molecule has 0 saturated carbocycles. The van der Waals surface area contributed by atoms with Gasteiger partial charge in [-0.05, 0) is 12.1 Å². The van der Waals surface area contributed by atoms with Gasteiger partial charge in [-0.3, -0.25) is 0 Å². The zero-order chi connectivity index (χ0) is 12.4. The summed E-state index contributed by atoms with van der Waals surface area (Å²) in [5.74, 6) is -1.21. The lowest BCUT2D eigenvalue weighted by Gasteiger charge is -2.33. The van der Waals surface area contributed by atoms with Crippen molar-refractivity contribution in [2.45, 2.75) is 0 Å². The van der Waals surface area contributed by atoms with Gasteiger partial charge in [-0.2, -0.15) is 0 Å². The van der Waals surface area contributed by atoms with Crippen LogP contribution in [-0.4, -0.2) is 39.2 Å². The Kier molecular flexibility index (Phi) is 3.54. The minimum atomic E-state index is -1.21. The van der Waals surface area contributed by atoms with Gasteiger partial charge in [0.1, 0.15) is 0 Å². The summed E-state index contributed by atoms with van der Waals surface area (Å²) in [6.45, 7) is 3.68. The number of nitrogens with zero attached hydrogens (tertiary/aromatic N) is 1. The van der Waals surface area contributed by atoms with Crippen molar-refractivity contribution in [3.8, 4) is 0 Å². The molecule has 92 valence electrons. The number of anilines is 1. The van der Waals surface area contributed by atoms with E-state index in [1.54, 1.807) is 18.2 Å². The highest BCUT2D eigenvalue weighted by Gasteiger charge is 2.20. The molecular weight excluding hydrogens is 240 g/mol. The first kappa shape index (κ1) is 12.2. The molecule has 1 heterocycles. The van der Waals surface area contributed by atoms with E-state index in [0.29, 0.717) is 5.69 Å². The highest BCUT2D eigenvalue weighted by Crippen LogP contribution is 2.26. The van der Waals surface area contributed by atoms with Crippen molar-refractivity contribution in [1.82, 2.24) is 0 Å². The molecule has 0 amide bonds. The van der Waals surface area contributed by atoms with Crippen LogP contribution in [0.25, 0.3) is 0 Å². The van der Waals surface area contributed by atoms with Crippen molar-refractivity contribution in [3.63, 3.8) is 0 Å². The first-order valence-electron chi connectivity index (χ1n) is 5.65. The summed E-state index contributed by atoms with van der Waals surface area (Å²) < 4.78 is 0. The fraction of sp³-hybridized carbons (Fsp3) is 0.417. The van der Waals surface area contributed by atoms with Crippen LogP contribution in [0, 0.1) is 0 Å². The van der Waals surface area contributed by atoms with Crippen LogP contribution in [-0.2, 0) is 0 Å². The molecule has 0 atom stereocenters. The summed E-state index contributed by atoms with van der Waals surface area (Å²) in [6, 6.07) is 5.14. The summed E-state index contributed by atoms with van der Waals surface area (Å²) in [5, 5.41) is 11.4. The Hall–Kier alpha value is -1.26. The average Bonchev–Trinajstić information content (AvgIpc) is 2.29. The maximum Gasteiger partial charge on any atom is 0.0947 e. The average molecular weight is 255 g/mol. The number of carbonyl (C=O) groups excluding carboxylic acids is 1. The number of quaternary nitrogens is 1. The van der Waals surface area contributed by atoms with Gasteiger partial charge in [0.15, 0.2) is 0 Å². The van der Waals surface area contributed by atoms with Gasteiger partial charge in [-0.1, -0.05) is 17.7 Å². The van der Waals surface area contributed by atoms with Crippen LogP contribution in [0.4, 0.5) is 5.69 Å². The Morgan fingerprint density at radius 3 is 2.65 bits per heavy atom.